The summed E-state index contributed by atoms with van der Waals surface area (Å²) >= 11 is 0. The first-order valence-electron chi connectivity index (χ1n) is 4.49. The van der Waals surface area contributed by atoms with Gasteiger partial charge in [0.15, 0.2) is 0 Å². The summed E-state index contributed by atoms with van der Waals surface area (Å²) in [7, 11) is 1.61. The highest BCUT2D eigenvalue weighted by atomic mass is 16.5. The van der Waals surface area contributed by atoms with E-state index in [9.17, 15) is 4.79 Å². The predicted molar refractivity (Wildman–Crippen MR) is 50.3 cm³/mol. The van der Waals surface area contributed by atoms with Crippen molar-refractivity contribution in [3.05, 3.63) is 0 Å². The molecule has 2 N–H and O–H groups in total. The average Bonchev–Trinajstić information content (AvgIpc) is 2.12. The van der Waals surface area contributed by atoms with E-state index < -0.39 is 5.54 Å². The molecule has 0 aromatic rings. The fraction of sp³-hybridized carbons (Fsp3) is 0.889. The van der Waals surface area contributed by atoms with Gasteiger partial charge in [0.2, 0.25) is 0 Å². The Bertz CT molecular complexity index is 157. The SMILES string of the molecule is CCC(C)(N)C(=O)OCCCOC. The van der Waals surface area contributed by atoms with Gasteiger partial charge in [-0.3, -0.25) is 4.79 Å². The van der Waals surface area contributed by atoms with Gasteiger partial charge >= 0.3 is 5.97 Å². The number of esters is 1. The number of ether oxygens (including phenoxy) is 2. The Kier molecular flexibility index (Phi) is 5.66. The minimum atomic E-state index is -0.854. The number of carbonyl (C=O) groups excluding carboxylic acids is 1. The number of hydrogen-bond acceptors (Lipinski definition) is 4. The second-order valence-corrected chi connectivity index (χ2v) is 3.25. The van der Waals surface area contributed by atoms with Gasteiger partial charge in [0.05, 0.1) is 6.61 Å². The van der Waals surface area contributed by atoms with E-state index in [1.807, 2.05) is 6.92 Å². The summed E-state index contributed by atoms with van der Waals surface area (Å²) in [4.78, 5) is 11.3. The molecule has 1 atom stereocenters. The first-order chi connectivity index (χ1) is 6.04. The van der Waals surface area contributed by atoms with Gasteiger partial charge in [0.1, 0.15) is 5.54 Å². The van der Waals surface area contributed by atoms with Crippen LogP contribution in [0.5, 0.6) is 0 Å². The van der Waals surface area contributed by atoms with E-state index >= 15 is 0 Å². The molecule has 0 aromatic carbocycles. The van der Waals surface area contributed by atoms with Crippen LogP contribution in [0.15, 0.2) is 0 Å². The van der Waals surface area contributed by atoms with Crippen molar-refractivity contribution in [2.45, 2.75) is 32.2 Å². The average molecular weight is 189 g/mol. The molecular formula is C9H19NO3. The van der Waals surface area contributed by atoms with Crippen molar-refractivity contribution in [3.8, 4) is 0 Å². The van der Waals surface area contributed by atoms with E-state index in [0.717, 1.165) is 0 Å². The van der Waals surface area contributed by atoms with Crippen molar-refractivity contribution in [1.82, 2.24) is 0 Å². The zero-order valence-electron chi connectivity index (χ0n) is 8.63. The minimum absolute atomic E-state index is 0.342. The Morgan fingerprint density at radius 2 is 2.08 bits per heavy atom. The number of hydrogen-bond donors (Lipinski definition) is 1. The second kappa shape index (κ2) is 5.94. The lowest BCUT2D eigenvalue weighted by atomic mass is 10.0. The summed E-state index contributed by atoms with van der Waals surface area (Å²) in [5.74, 6) is -0.342. The maximum absolute atomic E-state index is 11.3. The molecule has 78 valence electrons. The standard InChI is InChI=1S/C9H19NO3/c1-4-9(2,10)8(11)13-7-5-6-12-3/h4-7,10H2,1-3H3. The molecule has 0 aliphatic rings. The molecule has 0 rings (SSSR count). The largest absolute Gasteiger partial charge is 0.464 e. The van der Waals surface area contributed by atoms with E-state index in [-0.39, 0.29) is 5.97 Å². The van der Waals surface area contributed by atoms with Gasteiger partial charge in [-0.2, -0.15) is 0 Å². The number of rotatable bonds is 6. The first kappa shape index (κ1) is 12.4. The van der Waals surface area contributed by atoms with Crippen molar-refractivity contribution in [2.24, 2.45) is 5.73 Å². The molecule has 1 unspecified atom stereocenters. The van der Waals surface area contributed by atoms with Gasteiger partial charge in [0, 0.05) is 20.1 Å². The van der Waals surface area contributed by atoms with E-state index in [0.29, 0.717) is 26.1 Å². The molecule has 0 spiro atoms. The lowest BCUT2D eigenvalue weighted by molar-refractivity contribution is -0.149. The quantitative estimate of drug-likeness (QED) is 0.493. The summed E-state index contributed by atoms with van der Waals surface area (Å²) in [6, 6.07) is 0. The molecule has 0 radical (unpaired) electrons. The predicted octanol–water partition coefficient (Wildman–Crippen LogP) is 0.694. The molecule has 0 saturated heterocycles. The van der Waals surface area contributed by atoms with Gasteiger partial charge in [-0.1, -0.05) is 6.92 Å². The molecule has 4 nitrogen and oxygen atoms in total. The highest BCUT2D eigenvalue weighted by Crippen LogP contribution is 2.07. The molecule has 4 heteroatoms. The van der Waals surface area contributed by atoms with E-state index in [1.165, 1.54) is 0 Å². The van der Waals surface area contributed by atoms with Gasteiger partial charge in [-0.05, 0) is 13.3 Å². The summed E-state index contributed by atoms with van der Waals surface area (Å²) in [6.45, 7) is 4.50. The summed E-state index contributed by atoms with van der Waals surface area (Å²) < 4.78 is 9.77. The van der Waals surface area contributed by atoms with Crippen molar-refractivity contribution < 1.29 is 14.3 Å². The van der Waals surface area contributed by atoms with Crippen LogP contribution < -0.4 is 5.73 Å². The molecule has 0 heterocycles. The van der Waals surface area contributed by atoms with Crippen LogP contribution in [0.25, 0.3) is 0 Å². The topological polar surface area (TPSA) is 61.6 Å². The smallest absolute Gasteiger partial charge is 0.325 e. The molecule has 13 heavy (non-hydrogen) atoms. The summed E-state index contributed by atoms with van der Waals surface area (Å²) in [6.07, 6.45) is 1.29. The van der Waals surface area contributed by atoms with Gasteiger partial charge in [-0.15, -0.1) is 0 Å². The molecule has 0 aliphatic heterocycles. The normalized spacial score (nSPS) is 15.1. The molecule has 0 aromatic heterocycles. The highest BCUT2D eigenvalue weighted by molar-refractivity contribution is 5.79. The third-order valence-corrected chi connectivity index (χ3v) is 1.93. The van der Waals surface area contributed by atoms with E-state index in [1.54, 1.807) is 14.0 Å². The third-order valence-electron chi connectivity index (χ3n) is 1.93. The summed E-state index contributed by atoms with van der Waals surface area (Å²) in [5.41, 5.74) is 4.81. The molecule has 0 amide bonds. The Balaban J connectivity index is 3.62. The third kappa shape index (κ3) is 4.85. The van der Waals surface area contributed by atoms with Crippen LogP contribution >= 0.6 is 0 Å². The zero-order chi connectivity index (χ0) is 10.3. The first-order valence-corrected chi connectivity index (χ1v) is 4.49. The monoisotopic (exact) mass is 189 g/mol. The van der Waals surface area contributed by atoms with Crippen LogP contribution in [0.2, 0.25) is 0 Å². The lowest BCUT2D eigenvalue weighted by Gasteiger charge is -2.20. The molecule has 0 fully saturated rings. The van der Waals surface area contributed by atoms with Crippen LogP contribution in [-0.4, -0.2) is 31.8 Å². The second-order valence-electron chi connectivity index (χ2n) is 3.25. The fourth-order valence-electron chi connectivity index (χ4n) is 0.677. The Morgan fingerprint density at radius 3 is 2.54 bits per heavy atom. The van der Waals surface area contributed by atoms with Crippen LogP contribution in [0.4, 0.5) is 0 Å². The maximum Gasteiger partial charge on any atom is 0.325 e. The van der Waals surface area contributed by atoms with Crippen LogP contribution in [0.3, 0.4) is 0 Å². The fourth-order valence-corrected chi connectivity index (χ4v) is 0.677. The van der Waals surface area contributed by atoms with Gasteiger partial charge < -0.3 is 15.2 Å². The van der Waals surface area contributed by atoms with Crippen LogP contribution in [-0.2, 0) is 14.3 Å². The van der Waals surface area contributed by atoms with Crippen molar-refractivity contribution in [3.63, 3.8) is 0 Å². The Morgan fingerprint density at radius 1 is 1.46 bits per heavy atom. The molecule has 0 aliphatic carbocycles. The van der Waals surface area contributed by atoms with E-state index in [2.05, 4.69) is 0 Å². The zero-order valence-corrected chi connectivity index (χ0v) is 8.63. The van der Waals surface area contributed by atoms with Crippen molar-refractivity contribution in [2.75, 3.05) is 20.3 Å². The van der Waals surface area contributed by atoms with Crippen LogP contribution in [0.1, 0.15) is 26.7 Å². The lowest BCUT2D eigenvalue weighted by Crippen LogP contribution is -2.45. The molecule has 0 bridgehead atoms. The van der Waals surface area contributed by atoms with Crippen LogP contribution in [0, 0.1) is 0 Å². The van der Waals surface area contributed by atoms with E-state index in [4.69, 9.17) is 15.2 Å². The molecular weight excluding hydrogens is 170 g/mol. The van der Waals surface area contributed by atoms with Crippen molar-refractivity contribution >= 4 is 5.97 Å². The van der Waals surface area contributed by atoms with Crippen molar-refractivity contribution in [1.29, 1.82) is 0 Å². The number of methoxy groups -OCH3 is 1. The Hall–Kier alpha value is -0.610. The molecule has 0 saturated carbocycles. The maximum atomic E-state index is 11.3. The van der Waals surface area contributed by atoms with Gasteiger partial charge in [0.25, 0.3) is 0 Å². The number of nitrogens with two attached hydrogens (primary N) is 1. The highest BCUT2D eigenvalue weighted by Gasteiger charge is 2.27. The minimum Gasteiger partial charge on any atom is -0.464 e. The Labute approximate surface area is 79.4 Å². The van der Waals surface area contributed by atoms with Gasteiger partial charge in [-0.25, -0.2) is 0 Å². The summed E-state index contributed by atoms with van der Waals surface area (Å²) in [5, 5.41) is 0. The number of carbonyl (C=O) groups is 1.